The molecule has 0 radical (unpaired) electrons. The molecule has 4 atom stereocenters. The first kappa shape index (κ1) is 28.7. The summed E-state index contributed by atoms with van der Waals surface area (Å²) in [6.07, 6.45) is 0.247. The van der Waals surface area contributed by atoms with E-state index in [1.807, 2.05) is 13.8 Å². The molecule has 0 spiro atoms. The minimum atomic E-state index is -1.24. The van der Waals surface area contributed by atoms with E-state index in [1.54, 1.807) is 13.8 Å². The Bertz CT molecular complexity index is 658. The zero-order valence-corrected chi connectivity index (χ0v) is 19.3. The maximum Gasteiger partial charge on any atom is 0.327 e. The molecule has 0 rings (SSSR count). The number of hydrogen-bond acceptors (Lipinski definition) is 7. The van der Waals surface area contributed by atoms with E-state index in [2.05, 4.69) is 28.6 Å². The van der Waals surface area contributed by atoms with E-state index in [9.17, 15) is 24.0 Å². The summed E-state index contributed by atoms with van der Waals surface area (Å²) in [6.45, 7) is 7.10. The number of carbonyl (C=O) groups excluding carboxylic acids is 4. The van der Waals surface area contributed by atoms with Crippen molar-refractivity contribution in [1.82, 2.24) is 16.0 Å². The lowest BCUT2D eigenvalue weighted by atomic mass is 9.99. The third kappa shape index (κ3) is 11.0. The summed E-state index contributed by atoms with van der Waals surface area (Å²) in [7, 11) is 0. The predicted molar refractivity (Wildman–Crippen MR) is 118 cm³/mol. The number of primary amides is 1. The fraction of sp³-hybridized carbons (Fsp3) is 0.737. The van der Waals surface area contributed by atoms with Crippen LogP contribution in [0.2, 0.25) is 0 Å². The van der Waals surface area contributed by atoms with Crippen molar-refractivity contribution in [2.45, 2.75) is 71.1 Å². The molecule has 0 aliphatic carbocycles. The smallest absolute Gasteiger partial charge is 0.327 e. The first-order valence-corrected chi connectivity index (χ1v) is 10.7. The van der Waals surface area contributed by atoms with E-state index in [4.69, 9.17) is 16.6 Å². The molecule has 178 valence electrons. The Labute approximate surface area is 187 Å². The number of nitrogens with one attached hydrogen (secondary N) is 3. The minimum absolute atomic E-state index is 0.0322. The largest absolute Gasteiger partial charge is 0.480 e. The van der Waals surface area contributed by atoms with Crippen LogP contribution in [0.5, 0.6) is 0 Å². The minimum Gasteiger partial charge on any atom is -0.480 e. The zero-order valence-electron chi connectivity index (χ0n) is 18.4. The fourth-order valence-electron chi connectivity index (χ4n) is 2.65. The van der Waals surface area contributed by atoms with Gasteiger partial charge >= 0.3 is 5.97 Å². The Morgan fingerprint density at radius 2 is 1.45 bits per heavy atom. The molecule has 0 heterocycles. The molecule has 0 aliphatic heterocycles. The lowest BCUT2D eigenvalue weighted by Crippen LogP contribution is -2.58. The summed E-state index contributed by atoms with van der Waals surface area (Å²) in [6, 6.07) is -4.22. The van der Waals surface area contributed by atoms with E-state index < -0.39 is 53.8 Å². The van der Waals surface area contributed by atoms with Crippen molar-refractivity contribution in [1.29, 1.82) is 0 Å². The average molecular weight is 462 g/mol. The molecule has 0 bridgehead atoms. The molecular formula is C19H35N5O6S. The number of aliphatic carboxylic acids is 1. The van der Waals surface area contributed by atoms with Crippen molar-refractivity contribution >= 4 is 42.2 Å². The number of carboxylic acids is 1. The molecule has 12 heteroatoms. The number of carboxylic acid groups (broad SMARTS) is 1. The summed E-state index contributed by atoms with van der Waals surface area (Å²) in [5.41, 5.74) is 10.8. The molecule has 4 unspecified atom stereocenters. The number of hydrogen-bond donors (Lipinski definition) is 7. The van der Waals surface area contributed by atoms with E-state index >= 15 is 0 Å². The van der Waals surface area contributed by atoms with Crippen molar-refractivity contribution in [3.8, 4) is 0 Å². The predicted octanol–water partition coefficient (Wildman–Crippen LogP) is -1.25. The molecule has 11 nitrogen and oxygen atoms in total. The molecule has 0 aromatic heterocycles. The van der Waals surface area contributed by atoms with Crippen LogP contribution in [0, 0.1) is 11.8 Å². The van der Waals surface area contributed by atoms with Crippen LogP contribution in [0.25, 0.3) is 0 Å². The Hall–Kier alpha value is -2.34. The van der Waals surface area contributed by atoms with Crippen LogP contribution >= 0.6 is 12.6 Å². The van der Waals surface area contributed by atoms with Gasteiger partial charge in [0.15, 0.2) is 0 Å². The number of rotatable bonds is 14. The highest BCUT2D eigenvalue weighted by molar-refractivity contribution is 7.80. The normalized spacial score (nSPS) is 15.0. The molecule has 0 fully saturated rings. The number of carbonyl (C=O) groups is 5. The standard InChI is InChI=1S/C19H35N5O6S/c1-9(2)7-12(22-16(26)11(20)5-6-14(21)25)17(27)24-15(10(3)4)18(28)23-13(8-31)19(29)30/h9-13,15,31H,5-8,20H2,1-4H3,(H2,21,25)(H,22,26)(H,23,28)(H,24,27)(H,29,30). The van der Waals surface area contributed by atoms with Crippen molar-refractivity contribution in [3.05, 3.63) is 0 Å². The van der Waals surface area contributed by atoms with Crippen molar-refractivity contribution in [2.24, 2.45) is 23.3 Å². The van der Waals surface area contributed by atoms with Gasteiger partial charge in [0.25, 0.3) is 0 Å². The van der Waals surface area contributed by atoms with Gasteiger partial charge in [0.05, 0.1) is 6.04 Å². The number of nitrogens with two attached hydrogens (primary N) is 2. The van der Waals surface area contributed by atoms with Gasteiger partial charge in [0.1, 0.15) is 18.1 Å². The van der Waals surface area contributed by atoms with Crippen LogP contribution in [0.4, 0.5) is 0 Å². The molecule has 0 aliphatic rings. The van der Waals surface area contributed by atoms with Crippen LogP contribution in [0.15, 0.2) is 0 Å². The number of amides is 4. The highest BCUT2D eigenvalue weighted by atomic mass is 32.1. The Kier molecular flexibility index (Phi) is 12.8. The van der Waals surface area contributed by atoms with Gasteiger partial charge in [-0.05, 0) is 24.7 Å². The zero-order chi connectivity index (χ0) is 24.3. The average Bonchev–Trinajstić information content (AvgIpc) is 2.66. The molecule has 0 saturated heterocycles. The van der Waals surface area contributed by atoms with E-state index in [-0.39, 0.29) is 36.9 Å². The van der Waals surface area contributed by atoms with Crippen molar-refractivity contribution < 1.29 is 29.1 Å². The monoisotopic (exact) mass is 461 g/mol. The summed E-state index contributed by atoms with van der Waals surface area (Å²) in [5, 5.41) is 16.6. The van der Waals surface area contributed by atoms with Crippen LogP contribution in [-0.2, 0) is 24.0 Å². The van der Waals surface area contributed by atoms with Crippen LogP contribution in [0.1, 0.15) is 47.0 Å². The molecule has 4 amide bonds. The van der Waals surface area contributed by atoms with Crippen LogP contribution in [0.3, 0.4) is 0 Å². The summed E-state index contributed by atoms with van der Waals surface area (Å²) < 4.78 is 0. The maximum absolute atomic E-state index is 12.9. The van der Waals surface area contributed by atoms with Gasteiger partial charge in [0.2, 0.25) is 23.6 Å². The van der Waals surface area contributed by atoms with Crippen molar-refractivity contribution in [2.75, 3.05) is 5.75 Å². The van der Waals surface area contributed by atoms with E-state index in [0.717, 1.165) is 0 Å². The first-order valence-electron chi connectivity index (χ1n) is 10.1. The molecule has 31 heavy (non-hydrogen) atoms. The van der Waals surface area contributed by atoms with Gasteiger partial charge in [-0.25, -0.2) is 4.79 Å². The second-order valence-corrected chi connectivity index (χ2v) is 8.48. The van der Waals surface area contributed by atoms with Crippen molar-refractivity contribution in [3.63, 3.8) is 0 Å². The summed E-state index contributed by atoms with van der Waals surface area (Å²) in [5.74, 6) is -4.16. The van der Waals surface area contributed by atoms with Gasteiger partial charge in [-0.3, -0.25) is 19.2 Å². The second kappa shape index (κ2) is 13.9. The highest BCUT2D eigenvalue weighted by Crippen LogP contribution is 2.09. The molecular weight excluding hydrogens is 426 g/mol. The second-order valence-electron chi connectivity index (χ2n) is 8.11. The summed E-state index contributed by atoms with van der Waals surface area (Å²) >= 11 is 3.91. The third-order valence-corrected chi connectivity index (χ3v) is 4.79. The molecule has 8 N–H and O–H groups in total. The molecule has 0 aromatic carbocycles. The topological polar surface area (TPSA) is 194 Å². The van der Waals surface area contributed by atoms with E-state index in [1.165, 1.54) is 0 Å². The highest BCUT2D eigenvalue weighted by Gasteiger charge is 2.31. The SMILES string of the molecule is CC(C)CC(NC(=O)C(N)CCC(N)=O)C(=O)NC(C(=O)NC(CS)C(=O)O)C(C)C. The fourth-order valence-corrected chi connectivity index (χ4v) is 2.89. The van der Waals surface area contributed by atoms with Gasteiger partial charge in [-0.1, -0.05) is 27.7 Å². The third-order valence-electron chi connectivity index (χ3n) is 4.42. The Morgan fingerprint density at radius 3 is 1.87 bits per heavy atom. The quantitative estimate of drug-likeness (QED) is 0.157. The van der Waals surface area contributed by atoms with Gasteiger partial charge < -0.3 is 32.5 Å². The summed E-state index contributed by atoms with van der Waals surface area (Å²) in [4.78, 5) is 59.8. The van der Waals surface area contributed by atoms with Gasteiger partial charge in [-0.15, -0.1) is 0 Å². The van der Waals surface area contributed by atoms with Crippen LogP contribution < -0.4 is 27.4 Å². The Morgan fingerprint density at radius 1 is 0.903 bits per heavy atom. The molecule has 0 saturated carbocycles. The van der Waals surface area contributed by atoms with Crippen LogP contribution in [-0.4, -0.2) is 64.6 Å². The lowest BCUT2D eigenvalue weighted by Gasteiger charge is -2.27. The van der Waals surface area contributed by atoms with Gasteiger partial charge in [-0.2, -0.15) is 12.6 Å². The van der Waals surface area contributed by atoms with E-state index in [0.29, 0.717) is 0 Å². The Balaban J connectivity index is 5.31. The molecule has 0 aromatic rings. The first-order chi connectivity index (χ1) is 14.3. The number of thiol groups is 1. The lowest BCUT2D eigenvalue weighted by molar-refractivity contribution is -0.142. The van der Waals surface area contributed by atoms with Gasteiger partial charge in [0, 0.05) is 12.2 Å². The maximum atomic E-state index is 12.9.